The second kappa shape index (κ2) is 7.33. The fourth-order valence-corrected chi connectivity index (χ4v) is 2.53. The van der Waals surface area contributed by atoms with Gasteiger partial charge in [-0.1, -0.05) is 12.5 Å². The fourth-order valence-electron chi connectivity index (χ4n) is 2.53. The first-order valence-electron chi connectivity index (χ1n) is 7.49. The van der Waals surface area contributed by atoms with Crippen LogP contribution in [0.5, 0.6) is 0 Å². The molecule has 1 aliphatic rings. The summed E-state index contributed by atoms with van der Waals surface area (Å²) in [6, 6.07) is 3.08. The van der Waals surface area contributed by atoms with E-state index in [-0.39, 0.29) is 18.4 Å². The number of nitrogens with zero attached hydrogens (tertiary/aromatic N) is 1. The molecule has 1 atom stereocenters. The van der Waals surface area contributed by atoms with E-state index >= 15 is 0 Å². The van der Waals surface area contributed by atoms with Crippen LogP contribution in [0, 0.1) is 11.6 Å². The molecule has 1 aromatic rings. The summed E-state index contributed by atoms with van der Waals surface area (Å²) in [6.07, 6.45) is 3.24. The standard InChI is InChI=1S/C16H20F2N2O2/c1-11(12-6-7-13(17)14(18)9-12)19-15(21)10-20-8-4-2-3-5-16(20)22/h6-7,9,11H,2-5,8,10H2,1H3,(H,19,21). The normalized spacial score (nSPS) is 17.0. The minimum absolute atomic E-state index is 0.00636. The van der Waals surface area contributed by atoms with Gasteiger partial charge in [-0.2, -0.15) is 0 Å². The Morgan fingerprint density at radius 2 is 2.05 bits per heavy atom. The first-order chi connectivity index (χ1) is 10.5. The molecule has 0 aromatic heterocycles. The van der Waals surface area contributed by atoms with Gasteiger partial charge in [-0.05, 0) is 37.5 Å². The van der Waals surface area contributed by atoms with Crippen LogP contribution in [-0.2, 0) is 9.59 Å². The van der Waals surface area contributed by atoms with Gasteiger partial charge in [0, 0.05) is 13.0 Å². The number of nitrogens with one attached hydrogen (secondary N) is 1. The van der Waals surface area contributed by atoms with E-state index in [2.05, 4.69) is 5.32 Å². The van der Waals surface area contributed by atoms with Crippen LogP contribution in [0.4, 0.5) is 8.78 Å². The Morgan fingerprint density at radius 1 is 1.27 bits per heavy atom. The summed E-state index contributed by atoms with van der Waals surface area (Å²) >= 11 is 0. The van der Waals surface area contributed by atoms with Crippen molar-refractivity contribution >= 4 is 11.8 Å². The first-order valence-corrected chi connectivity index (χ1v) is 7.49. The predicted octanol–water partition coefficient (Wildman–Crippen LogP) is 2.54. The molecule has 1 aliphatic heterocycles. The molecule has 2 rings (SSSR count). The number of carbonyl (C=O) groups is 2. The third-order valence-corrected chi connectivity index (χ3v) is 3.83. The maximum absolute atomic E-state index is 13.2. The molecule has 0 spiro atoms. The highest BCUT2D eigenvalue weighted by Crippen LogP contribution is 2.16. The molecule has 2 amide bonds. The molecule has 120 valence electrons. The van der Waals surface area contributed by atoms with Crippen LogP contribution in [0.1, 0.15) is 44.2 Å². The van der Waals surface area contributed by atoms with Crippen molar-refractivity contribution in [1.29, 1.82) is 0 Å². The maximum Gasteiger partial charge on any atom is 0.240 e. The molecular weight excluding hydrogens is 290 g/mol. The van der Waals surface area contributed by atoms with Gasteiger partial charge in [0.25, 0.3) is 0 Å². The maximum atomic E-state index is 13.2. The van der Waals surface area contributed by atoms with E-state index < -0.39 is 17.7 Å². The quantitative estimate of drug-likeness (QED) is 0.929. The Balaban J connectivity index is 1.92. The highest BCUT2D eigenvalue weighted by atomic mass is 19.2. The van der Waals surface area contributed by atoms with E-state index in [1.54, 1.807) is 11.8 Å². The average Bonchev–Trinajstić information content (AvgIpc) is 2.67. The van der Waals surface area contributed by atoms with Crippen LogP contribution >= 0.6 is 0 Å². The van der Waals surface area contributed by atoms with E-state index in [1.807, 2.05) is 0 Å². The second-order valence-electron chi connectivity index (χ2n) is 5.59. The van der Waals surface area contributed by atoms with Gasteiger partial charge in [-0.3, -0.25) is 9.59 Å². The van der Waals surface area contributed by atoms with Gasteiger partial charge < -0.3 is 10.2 Å². The zero-order valence-electron chi connectivity index (χ0n) is 12.6. The highest BCUT2D eigenvalue weighted by Gasteiger charge is 2.20. The fraction of sp³-hybridized carbons (Fsp3) is 0.500. The topological polar surface area (TPSA) is 49.4 Å². The van der Waals surface area contributed by atoms with Gasteiger partial charge in [0.15, 0.2) is 11.6 Å². The van der Waals surface area contributed by atoms with E-state index in [1.165, 1.54) is 6.07 Å². The van der Waals surface area contributed by atoms with Crippen molar-refractivity contribution in [1.82, 2.24) is 10.2 Å². The molecule has 6 heteroatoms. The average molecular weight is 310 g/mol. The van der Waals surface area contributed by atoms with Gasteiger partial charge in [-0.15, -0.1) is 0 Å². The number of hydrogen-bond acceptors (Lipinski definition) is 2. The number of likely N-dealkylation sites (tertiary alicyclic amines) is 1. The lowest BCUT2D eigenvalue weighted by molar-refractivity contribution is -0.135. The Hall–Kier alpha value is -1.98. The van der Waals surface area contributed by atoms with Crippen molar-refractivity contribution in [3.05, 3.63) is 35.4 Å². The van der Waals surface area contributed by atoms with Crippen LogP contribution in [0.15, 0.2) is 18.2 Å². The Bertz CT molecular complexity index is 563. The molecule has 0 aliphatic carbocycles. The molecule has 0 saturated carbocycles. The number of benzene rings is 1. The van der Waals surface area contributed by atoms with E-state index in [0.29, 0.717) is 18.5 Å². The third kappa shape index (κ3) is 4.26. The lowest BCUT2D eigenvalue weighted by Gasteiger charge is -2.21. The molecule has 1 heterocycles. The summed E-state index contributed by atoms with van der Waals surface area (Å²) in [5, 5.41) is 2.71. The Labute approximate surface area is 128 Å². The number of halogens is 2. The lowest BCUT2D eigenvalue weighted by Crippen LogP contribution is -2.41. The van der Waals surface area contributed by atoms with Gasteiger partial charge >= 0.3 is 0 Å². The molecule has 1 fully saturated rings. The second-order valence-corrected chi connectivity index (χ2v) is 5.59. The van der Waals surface area contributed by atoms with Crippen molar-refractivity contribution < 1.29 is 18.4 Å². The minimum Gasteiger partial charge on any atom is -0.348 e. The van der Waals surface area contributed by atoms with Crippen LogP contribution in [0.2, 0.25) is 0 Å². The van der Waals surface area contributed by atoms with E-state index in [4.69, 9.17) is 0 Å². The molecule has 1 saturated heterocycles. The molecule has 0 bridgehead atoms. The number of hydrogen-bond donors (Lipinski definition) is 1. The lowest BCUT2D eigenvalue weighted by atomic mass is 10.1. The summed E-state index contributed by atoms with van der Waals surface area (Å²) < 4.78 is 26.1. The summed E-state index contributed by atoms with van der Waals surface area (Å²) in [7, 11) is 0. The van der Waals surface area contributed by atoms with Crippen molar-refractivity contribution in [3.63, 3.8) is 0 Å². The van der Waals surface area contributed by atoms with Crippen LogP contribution in [0.25, 0.3) is 0 Å². The minimum atomic E-state index is -0.943. The molecular formula is C16H20F2N2O2. The highest BCUT2D eigenvalue weighted by molar-refractivity contribution is 5.85. The van der Waals surface area contributed by atoms with Crippen LogP contribution < -0.4 is 5.32 Å². The smallest absolute Gasteiger partial charge is 0.240 e. The largest absolute Gasteiger partial charge is 0.348 e. The number of amides is 2. The van der Waals surface area contributed by atoms with Gasteiger partial charge in [0.2, 0.25) is 11.8 Å². The zero-order valence-corrected chi connectivity index (χ0v) is 12.6. The van der Waals surface area contributed by atoms with Crippen molar-refractivity contribution in [2.75, 3.05) is 13.1 Å². The summed E-state index contributed by atoms with van der Waals surface area (Å²) in [4.78, 5) is 25.4. The summed E-state index contributed by atoms with van der Waals surface area (Å²) in [5.41, 5.74) is 0.481. The molecule has 22 heavy (non-hydrogen) atoms. The summed E-state index contributed by atoms with van der Waals surface area (Å²) in [6.45, 7) is 2.29. The van der Waals surface area contributed by atoms with Gasteiger partial charge in [0.1, 0.15) is 0 Å². The number of carbonyl (C=O) groups excluding carboxylic acids is 2. The molecule has 0 radical (unpaired) electrons. The summed E-state index contributed by atoms with van der Waals surface area (Å²) in [5.74, 6) is -2.17. The monoisotopic (exact) mass is 310 g/mol. The molecule has 4 nitrogen and oxygen atoms in total. The molecule has 1 N–H and O–H groups in total. The SMILES string of the molecule is CC(NC(=O)CN1CCCCCC1=O)c1ccc(F)c(F)c1. The van der Waals surface area contributed by atoms with Crippen molar-refractivity contribution in [2.24, 2.45) is 0 Å². The van der Waals surface area contributed by atoms with Crippen LogP contribution in [-0.4, -0.2) is 29.8 Å². The van der Waals surface area contributed by atoms with E-state index in [0.717, 1.165) is 31.4 Å². The van der Waals surface area contributed by atoms with E-state index in [9.17, 15) is 18.4 Å². The number of rotatable bonds is 4. The van der Waals surface area contributed by atoms with Gasteiger partial charge in [-0.25, -0.2) is 8.78 Å². The molecule has 1 aromatic carbocycles. The van der Waals surface area contributed by atoms with Crippen molar-refractivity contribution in [3.8, 4) is 0 Å². The Morgan fingerprint density at radius 3 is 2.77 bits per heavy atom. The predicted molar refractivity (Wildman–Crippen MR) is 78.0 cm³/mol. The van der Waals surface area contributed by atoms with Crippen molar-refractivity contribution in [2.45, 2.75) is 38.6 Å². The Kier molecular flexibility index (Phi) is 5.46. The molecule has 1 unspecified atom stereocenters. The third-order valence-electron chi connectivity index (χ3n) is 3.83. The zero-order chi connectivity index (χ0) is 16.1. The van der Waals surface area contributed by atoms with Crippen LogP contribution in [0.3, 0.4) is 0 Å². The van der Waals surface area contributed by atoms with Gasteiger partial charge in [0.05, 0.1) is 12.6 Å². The first kappa shape index (κ1) is 16.4.